The molecular formula is C9H13NO2S. The number of allylic oxidation sites excluding steroid dienone is 1. The van der Waals surface area contributed by atoms with Crippen LogP contribution in [-0.2, 0) is 4.79 Å². The number of amides is 2. The minimum Gasteiger partial charge on any atom is -0.282 e. The van der Waals surface area contributed by atoms with Crippen LogP contribution in [0.5, 0.6) is 0 Å². The van der Waals surface area contributed by atoms with Crippen LogP contribution in [0.2, 0.25) is 0 Å². The first-order valence-electron chi connectivity index (χ1n) is 4.23. The average Bonchev–Trinajstić information content (AvgIpc) is 2.28. The Morgan fingerprint density at radius 3 is 2.46 bits per heavy atom. The summed E-state index contributed by atoms with van der Waals surface area (Å²) >= 11 is 1.00. The molecule has 1 aliphatic rings. The third-order valence-corrected chi connectivity index (χ3v) is 2.74. The van der Waals surface area contributed by atoms with E-state index in [2.05, 4.69) is 19.2 Å². The Balaban J connectivity index is 2.79. The molecule has 4 heteroatoms. The van der Waals surface area contributed by atoms with E-state index < -0.39 is 0 Å². The van der Waals surface area contributed by atoms with Crippen LogP contribution in [0.3, 0.4) is 0 Å². The molecule has 1 aliphatic heterocycles. The fraction of sp³-hybridized carbons (Fsp3) is 0.556. The largest absolute Gasteiger partial charge is 0.290 e. The lowest BCUT2D eigenvalue weighted by Crippen LogP contribution is -2.18. The Bertz CT molecular complexity index is 281. The Morgan fingerprint density at radius 1 is 1.46 bits per heavy atom. The molecule has 0 radical (unpaired) electrons. The first-order chi connectivity index (χ1) is 6.00. The zero-order chi connectivity index (χ0) is 10.0. The monoisotopic (exact) mass is 199 g/mol. The lowest BCUT2D eigenvalue weighted by atomic mass is 10.0. The van der Waals surface area contributed by atoms with Crippen molar-refractivity contribution in [3.63, 3.8) is 0 Å². The number of hydrogen-bond donors (Lipinski definition) is 1. The summed E-state index contributed by atoms with van der Waals surface area (Å²) in [5.74, 6) is 0.268. The maximum Gasteiger partial charge on any atom is 0.290 e. The van der Waals surface area contributed by atoms with E-state index in [1.54, 1.807) is 0 Å². The molecule has 0 aromatic heterocycles. The molecule has 0 aromatic rings. The molecule has 3 nitrogen and oxygen atoms in total. The highest BCUT2D eigenvalue weighted by molar-refractivity contribution is 8.18. The van der Waals surface area contributed by atoms with Gasteiger partial charge < -0.3 is 0 Å². The van der Waals surface area contributed by atoms with E-state index in [0.29, 0.717) is 10.8 Å². The van der Waals surface area contributed by atoms with E-state index in [4.69, 9.17) is 0 Å². The standard InChI is InChI=1S/C9H13NO2S/c1-5(2)4-6(3)7-8(11)10-9(12)13-7/h5H,4H2,1-3H3,(H,10,11,12). The van der Waals surface area contributed by atoms with Crippen LogP contribution in [-0.4, -0.2) is 11.1 Å². The van der Waals surface area contributed by atoms with Gasteiger partial charge in [-0.05, 0) is 31.0 Å². The summed E-state index contributed by atoms with van der Waals surface area (Å²) in [6.07, 6.45) is 0.864. The van der Waals surface area contributed by atoms with E-state index >= 15 is 0 Å². The maximum absolute atomic E-state index is 11.2. The van der Waals surface area contributed by atoms with Gasteiger partial charge in [-0.15, -0.1) is 0 Å². The maximum atomic E-state index is 11.2. The molecular weight excluding hydrogens is 186 g/mol. The van der Waals surface area contributed by atoms with Gasteiger partial charge in [0.05, 0.1) is 4.91 Å². The quantitative estimate of drug-likeness (QED) is 0.694. The van der Waals surface area contributed by atoms with Crippen molar-refractivity contribution < 1.29 is 9.59 Å². The molecule has 0 spiro atoms. The zero-order valence-corrected chi connectivity index (χ0v) is 8.83. The summed E-state index contributed by atoms with van der Waals surface area (Å²) in [5, 5.41) is 1.99. The van der Waals surface area contributed by atoms with Crippen LogP contribution >= 0.6 is 11.8 Å². The van der Waals surface area contributed by atoms with Gasteiger partial charge >= 0.3 is 0 Å². The Labute approximate surface area is 82.0 Å². The third kappa shape index (κ3) is 2.59. The lowest BCUT2D eigenvalue weighted by Gasteiger charge is -2.05. The highest BCUT2D eigenvalue weighted by Gasteiger charge is 2.26. The summed E-state index contributed by atoms with van der Waals surface area (Å²) in [6.45, 7) is 6.08. The number of rotatable bonds is 2. The molecule has 1 N–H and O–H groups in total. The van der Waals surface area contributed by atoms with Crippen LogP contribution in [0.25, 0.3) is 0 Å². The summed E-state index contributed by atoms with van der Waals surface area (Å²) < 4.78 is 0. The lowest BCUT2D eigenvalue weighted by molar-refractivity contribution is -0.115. The normalized spacial score (nSPS) is 20.9. The van der Waals surface area contributed by atoms with Crippen LogP contribution < -0.4 is 5.32 Å². The van der Waals surface area contributed by atoms with Crippen molar-refractivity contribution in [2.24, 2.45) is 5.92 Å². The number of hydrogen-bond acceptors (Lipinski definition) is 3. The fourth-order valence-electron chi connectivity index (χ4n) is 1.30. The van der Waals surface area contributed by atoms with Gasteiger partial charge in [-0.2, -0.15) is 0 Å². The van der Waals surface area contributed by atoms with Crippen molar-refractivity contribution in [2.75, 3.05) is 0 Å². The predicted molar refractivity (Wildman–Crippen MR) is 53.3 cm³/mol. The summed E-state index contributed by atoms with van der Waals surface area (Å²) in [4.78, 5) is 22.6. The second-order valence-electron chi connectivity index (χ2n) is 3.55. The van der Waals surface area contributed by atoms with Crippen molar-refractivity contribution in [3.8, 4) is 0 Å². The predicted octanol–water partition coefficient (Wildman–Crippen LogP) is 2.29. The number of imide groups is 1. The molecule has 0 aromatic carbocycles. The van der Waals surface area contributed by atoms with Gasteiger partial charge in [0, 0.05) is 0 Å². The molecule has 72 valence electrons. The summed E-state index contributed by atoms with van der Waals surface area (Å²) in [5.41, 5.74) is 1.00. The highest BCUT2D eigenvalue weighted by atomic mass is 32.2. The molecule has 1 fully saturated rings. The number of nitrogens with one attached hydrogen (secondary N) is 1. The zero-order valence-electron chi connectivity index (χ0n) is 8.01. The van der Waals surface area contributed by atoms with E-state index in [1.807, 2.05) is 6.92 Å². The minimum absolute atomic E-state index is 0.242. The molecule has 0 saturated carbocycles. The number of carbonyl (C=O) groups is 2. The van der Waals surface area contributed by atoms with E-state index in [-0.39, 0.29) is 11.1 Å². The Hall–Kier alpha value is -0.770. The van der Waals surface area contributed by atoms with Crippen LogP contribution in [0.1, 0.15) is 27.2 Å². The first kappa shape index (κ1) is 10.3. The smallest absolute Gasteiger partial charge is 0.282 e. The van der Waals surface area contributed by atoms with Crippen molar-refractivity contribution >= 4 is 22.9 Å². The number of thioether (sulfide) groups is 1. The van der Waals surface area contributed by atoms with Crippen LogP contribution in [0, 0.1) is 5.92 Å². The van der Waals surface area contributed by atoms with Crippen LogP contribution in [0.15, 0.2) is 10.5 Å². The molecule has 1 heterocycles. The average molecular weight is 199 g/mol. The summed E-state index contributed by atoms with van der Waals surface area (Å²) in [6, 6.07) is 0. The summed E-state index contributed by atoms with van der Waals surface area (Å²) in [7, 11) is 0. The second-order valence-corrected chi connectivity index (χ2v) is 4.53. The van der Waals surface area contributed by atoms with E-state index in [1.165, 1.54) is 0 Å². The molecule has 1 saturated heterocycles. The molecule has 0 aliphatic carbocycles. The fourth-order valence-corrected chi connectivity index (χ4v) is 2.03. The topological polar surface area (TPSA) is 46.2 Å². The van der Waals surface area contributed by atoms with Gasteiger partial charge in [0.1, 0.15) is 0 Å². The Morgan fingerprint density at radius 2 is 2.08 bits per heavy atom. The van der Waals surface area contributed by atoms with Crippen molar-refractivity contribution in [1.29, 1.82) is 0 Å². The van der Waals surface area contributed by atoms with Gasteiger partial charge in [0.25, 0.3) is 11.1 Å². The Kier molecular flexibility index (Phi) is 3.14. The van der Waals surface area contributed by atoms with Gasteiger partial charge in [-0.3, -0.25) is 14.9 Å². The van der Waals surface area contributed by atoms with Gasteiger partial charge in [0.2, 0.25) is 0 Å². The van der Waals surface area contributed by atoms with E-state index in [9.17, 15) is 9.59 Å². The molecule has 0 atom stereocenters. The van der Waals surface area contributed by atoms with Crippen LogP contribution in [0.4, 0.5) is 4.79 Å². The minimum atomic E-state index is -0.261. The third-order valence-electron chi connectivity index (χ3n) is 1.72. The molecule has 0 bridgehead atoms. The second kappa shape index (κ2) is 3.96. The molecule has 13 heavy (non-hydrogen) atoms. The molecule has 0 unspecified atom stereocenters. The van der Waals surface area contributed by atoms with Gasteiger partial charge in [0.15, 0.2) is 0 Å². The first-order valence-corrected chi connectivity index (χ1v) is 5.05. The molecule has 2 amide bonds. The number of carbonyl (C=O) groups excluding carboxylic acids is 2. The van der Waals surface area contributed by atoms with Gasteiger partial charge in [-0.25, -0.2) is 0 Å². The molecule has 1 rings (SSSR count). The van der Waals surface area contributed by atoms with Gasteiger partial charge in [-0.1, -0.05) is 19.4 Å². The van der Waals surface area contributed by atoms with E-state index in [0.717, 1.165) is 23.8 Å². The highest BCUT2D eigenvalue weighted by Crippen LogP contribution is 2.28. The van der Waals surface area contributed by atoms with Crippen molar-refractivity contribution in [2.45, 2.75) is 27.2 Å². The SMILES string of the molecule is CC(CC(C)C)=C1SC(=O)NC1=O. The van der Waals surface area contributed by atoms with Crippen molar-refractivity contribution in [3.05, 3.63) is 10.5 Å². The van der Waals surface area contributed by atoms with Crippen molar-refractivity contribution in [1.82, 2.24) is 5.32 Å².